The van der Waals surface area contributed by atoms with Gasteiger partial charge in [0.05, 0.1) is 17.1 Å². The molecule has 1 rings (SSSR count). The summed E-state index contributed by atoms with van der Waals surface area (Å²) >= 11 is 5.72. The standard InChI is InChI=1S/C13H13ClFNO4/c1-8(17)2-5-13(19)20-7-12(18)16-11-4-3-9(15)6-10(11)14/h3-4,6H,2,5,7H2,1H3,(H,16,18). The van der Waals surface area contributed by atoms with Crippen LogP contribution in [0.15, 0.2) is 18.2 Å². The average molecular weight is 302 g/mol. The van der Waals surface area contributed by atoms with Crippen LogP contribution in [0.1, 0.15) is 19.8 Å². The number of anilines is 1. The second kappa shape index (κ2) is 7.59. The third-order valence-corrected chi connectivity index (χ3v) is 2.56. The van der Waals surface area contributed by atoms with Gasteiger partial charge in [-0.05, 0) is 25.1 Å². The van der Waals surface area contributed by atoms with Crippen molar-refractivity contribution >= 4 is 34.9 Å². The second-order valence-corrected chi connectivity index (χ2v) is 4.44. The summed E-state index contributed by atoms with van der Waals surface area (Å²) in [6.07, 6.45) is 0.00413. The highest BCUT2D eigenvalue weighted by molar-refractivity contribution is 6.33. The fourth-order valence-electron chi connectivity index (χ4n) is 1.27. The molecular formula is C13H13ClFNO4. The van der Waals surface area contributed by atoms with E-state index in [0.29, 0.717) is 0 Å². The summed E-state index contributed by atoms with van der Waals surface area (Å²) in [5.74, 6) is -1.90. The summed E-state index contributed by atoms with van der Waals surface area (Å²) in [6.45, 7) is 0.862. The number of esters is 1. The number of hydrogen-bond acceptors (Lipinski definition) is 4. The number of ketones is 1. The van der Waals surface area contributed by atoms with Crippen LogP contribution < -0.4 is 5.32 Å². The molecule has 0 heterocycles. The normalized spacial score (nSPS) is 9.95. The summed E-state index contributed by atoms with van der Waals surface area (Å²) in [7, 11) is 0. The monoisotopic (exact) mass is 301 g/mol. The predicted octanol–water partition coefficient (Wildman–Crippen LogP) is 2.33. The van der Waals surface area contributed by atoms with Crippen molar-refractivity contribution in [3.05, 3.63) is 29.0 Å². The molecule has 1 amide bonds. The quantitative estimate of drug-likeness (QED) is 0.819. The lowest BCUT2D eigenvalue weighted by Gasteiger charge is -2.07. The van der Waals surface area contributed by atoms with Gasteiger partial charge in [-0.1, -0.05) is 11.6 Å². The molecule has 0 aliphatic carbocycles. The maximum absolute atomic E-state index is 12.8. The van der Waals surface area contributed by atoms with Gasteiger partial charge in [-0.3, -0.25) is 9.59 Å². The second-order valence-electron chi connectivity index (χ2n) is 4.04. The first-order valence-electron chi connectivity index (χ1n) is 5.78. The van der Waals surface area contributed by atoms with Gasteiger partial charge in [-0.25, -0.2) is 4.39 Å². The Hall–Kier alpha value is -1.95. The molecule has 108 valence electrons. The summed E-state index contributed by atoms with van der Waals surface area (Å²) in [5, 5.41) is 2.42. The number of Topliss-reactive ketones (excluding diaryl/α,β-unsaturated/α-hetero) is 1. The molecule has 0 atom stereocenters. The van der Waals surface area contributed by atoms with Crippen molar-refractivity contribution < 1.29 is 23.5 Å². The number of benzene rings is 1. The average Bonchev–Trinajstić information content (AvgIpc) is 2.37. The maximum Gasteiger partial charge on any atom is 0.306 e. The van der Waals surface area contributed by atoms with Crippen LogP contribution >= 0.6 is 11.6 Å². The van der Waals surface area contributed by atoms with Crippen LogP contribution in [0.4, 0.5) is 10.1 Å². The first-order chi connectivity index (χ1) is 9.38. The van der Waals surface area contributed by atoms with E-state index in [4.69, 9.17) is 11.6 Å². The van der Waals surface area contributed by atoms with Crippen LogP contribution in [0.5, 0.6) is 0 Å². The molecule has 0 aliphatic rings. The van der Waals surface area contributed by atoms with Crippen molar-refractivity contribution in [3.8, 4) is 0 Å². The van der Waals surface area contributed by atoms with Gasteiger partial charge in [0.25, 0.3) is 5.91 Å². The van der Waals surface area contributed by atoms with Crippen LogP contribution in [0, 0.1) is 5.82 Å². The summed E-state index contributed by atoms with van der Waals surface area (Å²) < 4.78 is 17.5. The maximum atomic E-state index is 12.8. The molecule has 1 N–H and O–H groups in total. The third kappa shape index (κ3) is 5.79. The molecule has 1 aromatic carbocycles. The topological polar surface area (TPSA) is 72.5 Å². The van der Waals surface area contributed by atoms with Gasteiger partial charge in [-0.2, -0.15) is 0 Å². The van der Waals surface area contributed by atoms with E-state index < -0.39 is 24.3 Å². The van der Waals surface area contributed by atoms with Crippen molar-refractivity contribution in [3.63, 3.8) is 0 Å². The van der Waals surface area contributed by atoms with Gasteiger partial charge in [0.2, 0.25) is 0 Å². The van der Waals surface area contributed by atoms with Gasteiger partial charge >= 0.3 is 5.97 Å². The minimum atomic E-state index is -0.638. The molecule has 0 saturated carbocycles. The highest BCUT2D eigenvalue weighted by Crippen LogP contribution is 2.22. The number of rotatable bonds is 6. The molecule has 0 aromatic heterocycles. The van der Waals surface area contributed by atoms with E-state index >= 15 is 0 Å². The highest BCUT2D eigenvalue weighted by atomic mass is 35.5. The largest absolute Gasteiger partial charge is 0.456 e. The zero-order chi connectivity index (χ0) is 15.1. The number of ether oxygens (including phenoxy) is 1. The summed E-state index contributed by atoms with van der Waals surface area (Å²) in [4.78, 5) is 33.3. The van der Waals surface area contributed by atoms with Gasteiger partial charge < -0.3 is 14.8 Å². The van der Waals surface area contributed by atoms with E-state index in [-0.39, 0.29) is 29.3 Å². The minimum Gasteiger partial charge on any atom is -0.456 e. The van der Waals surface area contributed by atoms with Crippen molar-refractivity contribution in [1.82, 2.24) is 0 Å². The first-order valence-corrected chi connectivity index (χ1v) is 6.16. The summed E-state index contributed by atoms with van der Waals surface area (Å²) in [5.41, 5.74) is 0.220. The highest BCUT2D eigenvalue weighted by Gasteiger charge is 2.10. The molecule has 7 heteroatoms. The van der Waals surface area contributed by atoms with Crippen LogP contribution in [0.2, 0.25) is 5.02 Å². The van der Waals surface area contributed by atoms with Gasteiger partial charge in [0, 0.05) is 6.42 Å². The molecular weight excluding hydrogens is 289 g/mol. The molecule has 1 aromatic rings. The van der Waals surface area contributed by atoms with E-state index in [1.165, 1.54) is 13.0 Å². The van der Waals surface area contributed by atoms with E-state index in [1.807, 2.05) is 0 Å². The molecule has 0 aliphatic heterocycles. The zero-order valence-corrected chi connectivity index (χ0v) is 11.5. The smallest absolute Gasteiger partial charge is 0.306 e. The van der Waals surface area contributed by atoms with Crippen molar-refractivity contribution in [1.29, 1.82) is 0 Å². The molecule has 0 unspecified atom stereocenters. The Bertz CT molecular complexity index is 533. The minimum absolute atomic E-state index is 0.0428. The number of hydrogen-bond donors (Lipinski definition) is 1. The molecule has 0 bridgehead atoms. The molecule has 0 radical (unpaired) electrons. The Balaban J connectivity index is 2.40. The number of carbonyl (C=O) groups is 3. The Kier molecular flexibility index (Phi) is 6.11. The van der Waals surface area contributed by atoms with Crippen LogP contribution in [-0.2, 0) is 19.1 Å². The number of carbonyl (C=O) groups excluding carboxylic acids is 3. The molecule has 0 spiro atoms. The lowest BCUT2D eigenvalue weighted by molar-refractivity contribution is -0.148. The van der Waals surface area contributed by atoms with Crippen molar-refractivity contribution in [2.24, 2.45) is 0 Å². The first kappa shape index (κ1) is 16.1. The van der Waals surface area contributed by atoms with Crippen molar-refractivity contribution in [2.75, 3.05) is 11.9 Å². The molecule has 0 saturated heterocycles. The number of amides is 1. The van der Waals surface area contributed by atoms with Gasteiger partial charge in [-0.15, -0.1) is 0 Å². The number of halogens is 2. The lowest BCUT2D eigenvalue weighted by atomic mass is 10.2. The Morgan fingerprint density at radius 3 is 2.60 bits per heavy atom. The zero-order valence-electron chi connectivity index (χ0n) is 10.7. The fourth-order valence-corrected chi connectivity index (χ4v) is 1.49. The SMILES string of the molecule is CC(=O)CCC(=O)OCC(=O)Nc1ccc(F)cc1Cl. The Morgan fingerprint density at radius 2 is 2.00 bits per heavy atom. The van der Waals surface area contributed by atoms with Gasteiger partial charge in [0.1, 0.15) is 11.6 Å². The lowest BCUT2D eigenvalue weighted by Crippen LogP contribution is -2.21. The molecule has 0 fully saturated rings. The van der Waals surface area contributed by atoms with E-state index in [2.05, 4.69) is 10.1 Å². The number of nitrogens with one attached hydrogen (secondary N) is 1. The fraction of sp³-hybridized carbons (Fsp3) is 0.308. The third-order valence-electron chi connectivity index (χ3n) is 2.25. The summed E-state index contributed by atoms with van der Waals surface area (Å²) in [6, 6.07) is 3.49. The van der Waals surface area contributed by atoms with Crippen molar-refractivity contribution in [2.45, 2.75) is 19.8 Å². The van der Waals surface area contributed by atoms with Crippen LogP contribution in [0.3, 0.4) is 0 Å². The molecule has 5 nitrogen and oxygen atoms in total. The van der Waals surface area contributed by atoms with E-state index in [0.717, 1.165) is 12.1 Å². The molecule has 20 heavy (non-hydrogen) atoms. The van der Waals surface area contributed by atoms with E-state index in [1.54, 1.807) is 0 Å². The van der Waals surface area contributed by atoms with E-state index in [9.17, 15) is 18.8 Å². The Morgan fingerprint density at radius 1 is 1.30 bits per heavy atom. The Labute approximate surface area is 120 Å². The van der Waals surface area contributed by atoms with Gasteiger partial charge in [0.15, 0.2) is 6.61 Å². The van der Waals surface area contributed by atoms with Crippen LogP contribution in [0.25, 0.3) is 0 Å². The van der Waals surface area contributed by atoms with Crippen LogP contribution in [-0.4, -0.2) is 24.3 Å². The predicted molar refractivity (Wildman–Crippen MR) is 70.9 cm³/mol.